The Bertz CT molecular complexity index is 825. The predicted octanol–water partition coefficient (Wildman–Crippen LogP) is 0.399. The normalized spacial score (nSPS) is 17.6. The summed E-state index contributed by atoms with van der Waals surface area (Å²) in [5.74, 6) is -5.54. The molecule has 1 aromatic carbocycles. The van der Waals surface area contributed by atoms with Crippen LogP contribution in [0.2, 0.25) is 0 Å². The molecule has 0 aliphatic carbocycles. The van der Waals surface area contributed by atoms with Crippen LogP contribution in [0.15, 0.2) is 12.1 Å². The van der Waals surface area contributed by atoms with Crippen molar-refractivity contribution in [3.63, 3.8) is 0 Å². The van der Waals surface area contributed by atoms with Crippen molar-refractivity contribution in [2.45, 2.75) is 12.8 Å². The van der Waals surface area contributed by atoms with Crippen molar-refractivity contribution in [3.05, 3.63) is 29.6 Å². The lowest BCUT2D eigenvalue weighted by atomic mass is 10.2. The lowest BCUT2D eigenvalue weighted by Gasteiger charge is -2.34. The van der Waals surface area contributed by atoms with E-state index < -0.39 is 35.6 Å². The third kappa shape index (κ3) is 6.41. The Labute approximate surface area is 178 Å². The summed E-state index contributed by atoms with van der Waals surface area (Å²) in [6.45, 7) is 4.28. The molecular formula is C20H26F3N5O3. The molecule has 0 aromatic heterocycles. The van der Waals surface area contributed by atoms with E-state index in [2.05, 4.69) is 15.5 Å². The Balaban J connectivity index is 1.34. The Kier molecular flexibility index (Phi) is 7.85. The molecule has 0 spiro atoms. The summed E-state index contributed by atoms with van der Waals surface area (Å²) in [5, 5.41) is 4.51. The number of likely N-dealkylation sites (tertiary alicyclic amines) is 1. The molecule has 2 heterocycles. The third-order valence-electron chi connectivity index (χ3n) is 5.41. The Morgan fingerprint density at radius 3 is 2.06 bits per heavy atom. The van der Waals surface area contributed by atoms with Crippen LogP contribution in [0.1, 0.15) is 12.8 Å². The lowest BCUT2D eigenvalue weighted by molar-refractivity contribution is -0.132. The molecule has 3 amide bonds. The van der Waals surface area contributed by atoms with Crippen LogP contribution in [0.4, 0.5) is 18.9 Å². The molecule has 2 aliphatic heterocycles. The summed E-state index contributed by atoms with van der Waals surface area (Å²) in [6, 6.07) is 1.60. The number of rotatable bonds is 7. The average Bonchev–Trinajstić information content (AvgIpc) is 3.29. The molecule has 0 atom stereocenters. The largest absolute Gasteiger partial charge is 0.346 e. The van der Waals surface area contributed by atoms with E-state index >= 15 is 0 Å². The topological polar surface area (TPSA) is 85.0 Å². The van der Waals surface area contributed by atoms with Gasteiger partial charge in [-0.05, 0) is 25.0 Å². The van der Waals surface area contributed by atoms with Crippen molar-refractivity contribution in [1.82, 2.24) is 20.0 Å². The molecule has 11 heteroatoms. The maximum Gasteiger partial charge on any atom is 0.243 e. The quantitative estimate of drug-likeness (QED) is 0.599. The van der Waals surface area contributed by atoms with Crippen molar-refractivity contribution >= 4 is 23.4 Å². The fraction of sp³-hybridized carbons (Fsp3) is 0.550. The summed E-state index contributed by atoms with van der Waals surface area (Å²) in [4.78, 5) is 42.0. The first-order chi connectivity index (χ1) is 14.8. The molecule has 2 N–H and O–H groups in total. The highest BCUT2D eigenvalue weighted by atomic mass is 19.2. The van der Waals surface area contributed by atoms with Gasteiger partial charge < -0.3 is 15.5 Å². The number of nitrogens with one attached hydrogen (secondary N) is 2. The van der Waals surface area contributed by atoms with Gasteiger partial charge in [-0.3, -0.25) is 24.2 Å². The standard InChI is InChI=1S/C20H26F3N5O3/c21-14-3-4-15(20(23)19(14)22)25-16(29)11-24-17(30)12-26-7-9-27(10-8-26)13-18(31)28-5-1-2-6-28/h3-4H,1-2,5-13H2,(H,24,30)(H,25,29). The maximum atomic E-state index is 13.6. The van der Waals surface area contributed by atoms with E-state index in [9.17, 15) is 27.6 Å². The Morgan fingerprint density at radius 1 is 0.806 bits per heavy atom. The van der Waals surface area contributed by atoms with Crippen molar-refractivity contribution < 1.29 is 27.6 Å². The molecule has 1 aromatic rings. The van der Waals surface area contributed by atoms with Crippen molar-refractivity contribution in [1.29, 1.82) is 0 Å². The zero-order chi connectivity index (χ0) is 22.4. The second-order valence-corrected chi connectivity index (χ2v) is 7.69. The zero-order valence-corrected chi connectivity index (χ0v) is 17.1. The van der Waals surface area contributed by atoms with Crippen LogP contribution in [0.3, 0.4) is 0 Å². The molecule has 0 bridgehead atoms. The van der Waals surface area contributed by atoms with Gasteiger partial charge in [-0.2, -0.15) is 0 Å². The first-order valence-electron chi connectivity index (χ1n) is 10.3. The molecule has 31 heavy (non-hydrogen) atoms. The van der Waals surface area contributed by atoms with Gasteiger partial charge in [0.05, 0.1) is 25.3 Å². The minimum atomic E-state index is -1.68. The van der Waals surface area contributed by atoms with Crippen molar-refractivity contribution in [2.75, 3.05) is 64.2 Å². The van der Waals surface area contributed by atoms with E-state index in [4.69, 9.17) is 0 Å². The summed E-state index contributed by atoms with van der Waals surface area (Å²) >= 11 is 0. The molecule has 0 radical (unpaired) electrons. The monoisotopic (exact) mass is 441 g/mol. The predicted molar refractivity (Wildman–Crippen MR) is 107 cm³/mol. The highest BCUT2D eigenvalue weighted by Gasteiger charge is 2.24. The van der Waals surface area contributed by atoms with Gasteiger partial charge in [-0.25, -0.2) is 13.2 Å². The summed E-state index contributed by atoms with van der Waals surface area (Å²) in [5.41, 5.74) is -0.502. The average molecular weight is 441 g/mol. The van der Waals surface area contributed by atoms with Gasteiger partial charge in [0.25, 0.3) is 0 Å². The molecule has 170 valence electrons. The van der Waals surface area contributed by atoms with E-state index in [1.807, 2.05) is 9.80 Å². The summed E-state index contributed by atoms with van der Waals surface area (Å²) < 4.78 is 39.7. The number of benzene rings is 1. The minimum absolute atomic E-state index is 0.0841. The SMILES string of the molecule is O=C(CN1CCN(CC(=O)N2CCCC2)CC1)NCC(=O)Nc1ccc(F)c(F)c1F. The highest BCUT2D eigenvalue weighted by molar-refractivity contribution is 5.94. The molecule has 2 saturated heterocycles. The van der Waals surface area contributed by atoms with E-state index in [1.165, 1.54) is 0 Å². The van der Waals surface area contributed by atoms with Gasteiger partial charge in [0.1, 0.15) is 0 Å². The van der Waals surface area contributed by atoms with E-state index in [0.29, 0.717) is 38.8 Å². The molecule has 2 aliphatic rings. The second-order valence-electron chi connectivity index (χ2n) is 7.69. The van der Waals surface area contributed by atoms with E-state index in [0.717, 1.165) is 32.0 Å². The number of carbonyl (C=O) groups is 3. The van der Waals surface area contributed by atoms with Crippen LogP contribution in [-0.2, 0) is 14.4 Å². The molecule has 3 rings (SSSR count). The van der Waals surface area contributed by atoms with Gasteiger partial charge in [0.2, 0.25) is 17.7 Å². The van der Waals surface area contributed by atoms with Crippen LogP contribution < -0.4 is 10.6 Å². The van der Waals surface area contributed by atoms with Crippen LogP contribution in [0.5, 0.6) is 0 Å². The number of carbonyl (C=O) groups excluding carboxylic acids is 3. The fourth-order valence-corrected chi connectivity index (χ4v) is 3.62. The van der Waals surface area contributed by atoms with Crippen LogP contribution in [0.25, 0.3) is 0 Å². The molecular weight excluding hydrogens is 415 g/mol. The number of halogens is 3. The summed E-state index contributed by atoms with van der Waals surface area (Å²) in [7, 11) is 0. The molecule has 0 unspecified atom stereocenters. The number of piperazine rings is 1. The highest BCUT2D eigenvalue weighted by Crippen LogP contribution is 2.19. The molecule has 0 saturated carbocycles. The number of nitrogens with zero attached hydrogens (tertiary/aromatic N) is 3. The number of hydrogen-bond donors (Lipinski definition) is 2. The Morgan fingerprint density at radius 2 is 1.42 bits per heavy atom. The number of anilines is 1. The van der Waals surface area contributed by atoms with Crippen LogP contribution in [-0.4, -0.2) is 91.3 Å². The van der Waals surface area contributed by atoms with Crippen molar-refractivity contribution in [3.8, 4) is 0 Å². The first-order valence-corrected chi connectivity index (χ1v) is 10.3. The van der Waals surface area contributed by atoms with E-state index in [-0.39, 0.29) is 18.4 Å². The third-order valence-corrected chi connectivity index (χ3v) is 5.41. The zero-order valence-electron chi connectivity index (χ0n) is 17.1. The Hall–Kier alpha value is -2.66. The lowest BCUT2D eigenvalue weighted by Crippen LogP contribution is -2.52. The number of hydrogen-bond acceptors (Lipinski definition) is 5. The van der Waals surface area contributed by atoms with Gasteiger partial charge in [0.15, 0.2) is 17.5 Å². The van der Waals surface area contributed by atoms with E-state index in [1.54, 1.807) is 0 Å². The maximum absolute atomic E-state index is 13.6. The van der Waals surface area contributed by atoms with Gasteiger partial charge >= 0.3 is 0 Å². The number of amides is 3. The molecule has 8 nitrogen and oxygen atoms in total. The van der Waals surface area contributed by atoms with Crippen LogP contribution in [0, 0.1) is 17.5 Å². The van der Waals surface area contributed by atoms with Crippen molar-refractivity contribution in [2.24, 2.45) is 0 Å². The van der Waals surface area contributed by atoms with Gasteiger partial charge in [-0.1, -0.05) is 0 Å². The van der Waals surface area contributed by atoms with Gasteiger partial charge in [-0.15, -0.1) is 0 Å². The van der Waals surface area contributed by atoms with Gasteiger partial charge in [0, 0.05) is 39.3 Å². The minimum Gasteiger partial charge on any atom is -0.346 e. The fourth-order valence-electron chi connectivity index (χ4n) is 3.62. The second kappa shape index (κ2) is 10.6. The summed E-state index contributed by atoms with van der Waals surface area (Å²) in [6.07, 6.45) is 2.12. The smallest absolute Gasteiger partial charge is 0.243 e. The van der Waals surface area contributed by atoms with Crippen LogP contribution >= 0.6 is 0 Å². The molecule has 2 fully saturated rings. The first kappa shape index (κ1) is 23.0.